The van der Waals surface area contributed by atoms with Gasteiger partial charge >= 0.3 is 0 Å². The van der Waals surface area contributed by atoms with E-state index in [1.807, 2.05) is 0 Å². The van der Waals surface area contributed by atoms with Crippen LogP contribution < -0.4 is 10.2 Å². The van der Waals surface area contributed by atoms with Crippen molar-refractivity contribution in [2.45, 2.75) is 39.7 Å². The summed E-state index contributed by atoms with van der Waals surface area (Å²) in [5.74, 6) is 1.25. The third-order valence-corrected chi connectivity index (χ3v) is 3.96. The van der Waals surface area contributed by atoms with Gasteiger partial charge in [0.1, 0.15) is 0 Å². The Morgan fingerprint density at radius 2 is 1.86 bits per heavy atom. The normalized spacial score (nSPS) is 16.5. The van der Waals surface area contributed by atoms with Gasteiger partial charge in [-0.25, -0.2) is 0 Å². The van der Waals surface area contributed by atoms with Gasteiger partial charge < -0.3 is 15.1 Å². The maximum Gasteiger partial charge on any atom is 0.231 e. The lowest BCUT2D eigenvalue weighted by Crippen LogP contribution is -2.35. The quantitative estimate of drug-likeness (QED) is 0.833. The second-order valence-corrected chi connectivity index (χ2v) is 5.79. The van der Waals surface area contributed by atoms with E-state index < -0.39 is 0 Å². The van der Waals surface area contributed by atoms with Crippen LogP contribution in [0.2, 0.25) is 5.28 Å². The number of hydrogen-bond acceptors (Lipinski definition) is 6. The fourth-order valence-corrected chi connectivity index (χ4v) is 2.75. The standard InChI is InChI=1S/C14H25ClN6/c1-4-20(5-2)10-11(3)16-13-17-12(15)18-14(19-13)21-8-6-7-9-21/h11H,4-10H2,1-3H3,(H,16,17,18,19). The number of rotatable bonds is 7. The summed E-state index contributed by atoms with van der Waals surface area (Å²) < 4.78 is 0. The number of hydrogen-bond donors (Lipinski definition) is 1. The molecule has 2 rings (SSSR count). The molecule has 0 radical (unpaired) electrons. The Balaban J connectivity index is 2.02. The fraction of sp³-hybridized carbons (Fsp3) is 0.786. The number of nitrogens with one attached hydrogen (secondary N) is 1. The Labute approximate surface area is 131 Å². The molecule has 1 aromatic heterocycles. The van der Waals surface area contributed by atoms with Crippen LogP contribution in [0.3, 0.4) is 0 Å². The highest BCUT2D eigenvalue weighted by atomic mass is 35.5. The van der Waals surface area contributed by atoms with Crippen LogP contribution >= 0.6 is 11.6 Å². The molecule has 1 atom stereocenters. The molecule has 6 nitrogen and oxygen atoms in total. The van der Waals surface area contributed by atoms with Gasteiger partial charge in [0.2, 0.25) is 17.2 Å². The molecule has 7 heteroatoms. The molecule has 1 saturated heterocycles. The molecule has 21 heavy (non-hydrogen) atoms. The molecule has 0 saturated carbocycles. The summed E-state index contributed by atoms with van der Waals surface area (Å²) in [6.07, 6.45) is 2.37. The van der Waals surface area contributed by atoms with Crippen molar-refractivity contribution in [3.63, 3.8) is 0 Å². The van der Waals surface area contributed by atoms with Crippen LogP contribution in [0.4, 0.5) is 11.9 Å². The summed E-state index contributed by atoms with van der Waals surface area (Å²) in [5, 5.41) is 3.58. The highest BCUT2D eigenvalue weighted by Crippen LogP contribution is 2.18. The van der Waals surface area contributed by atoms with E-state index in [4.69, 9.17) is 11.6 Å². The van der Waals surface area contributed by atoms with Crippen molar-refractivity contribution in [3.05, 3.63) is 5.28 Å². The first kappa shape index (κ1) is 16.2. The van der Waals surface area contributed by atoms with E-state index in [2.05, 4.69) is 50.8 Å². The summed E-state index contributed by atoms with van der Waals surface area (Å²) in [7, 11) is 0. The van der Waals surface area contributed by atoms with Crippen molar-refractivity contribution in [3.8, 4) is 0 Å². The molecule has 2 heterocycles. The van der Waals surface area contributed by atoms with Crippen molar-refractivity contribution in [1.82, 2.24) is 19.9 Å². The molecule has 1 N–H and O–H groups in total. The zero-order valence-electron chi connectivity index (χ0n) is 13.1. The molecule has 118 valence electrons. The zero-order valence-corrected chi connectivity index (χ0v) is 13.9. The van der Waals surface area contributed by atoms with E-state index >= 15 is 0 Å². The van der Waals surface area contributed by atoms with Gasteiger partial charge in [-0.3, -0.25) is 0 Å². The number of halogens is 1. The van der Waals surface area contributed by atoms with Crippen LogP contribution in [-0.2, 0) is 0 Å². The van der Waals surface area contributed by atoms with E-state index in [9.17, 15) is 0 Å². The molecule has 0 amide bonds. The average molecular weight is 313 g/mol. The van der Waals surface area contributed by atoms with Gasteiger partial charge in [0.05, 0.1) is 0 Å². The molecule has 0 spiro atoms. The molecule has 1 unspecified atom stereocenters. The molecule has 0 aromatic carbocycles. The Morgan fingerprint density at radius 3 is 2.48 bits per heavy atom. The molecule has 1 fully saturated rings. The van der Waals surface area contributed by atoms with Crippen LogP contribution in [0.25, 0.3) is 0 Å². The predicted octanol–water partition coefficient (Wildman–Crippen LogP) is 2.27. The van der Waals surface area contributed by atoms with E-state index in [0.29, 0.717) is 11.9 Å². The van der Waals surface area contributed by atoms with E-state index in [-0.39, 0.29) is 11.3 Å². The Morgan fingerprint density at radius 1 is 1.19 bits per heavy atom. The topological polar surface area (TPSA) is 57.2 Å². The van der Waals surface area contributed by atoms with Crippen molar-refractivity contribution in [2.75, 3.05) is 42.9 Å². The predicted molar refractivity (Wildman–Crippen MR) is 87.2 cm³/mol. The summed E-state index contributed by atoms with van der Waals surface area (Å²) >= 11 is 6.03. The Bertz CT molecular complexity index is 445. The van der Waals surface area contributed by atoms with Crippen LogP contribution in [0.5, 0.6) is 0 Å². The highest BCUT2D eigenvalue weighted by Gasteiger charge is 2.17. The number of likely N-dealkylation sites (N-methyl/N-ethyl adjacent to an activating group) is 1. The minimum Gasteiger partial charge on any atom is -0.350 e. The molecular formula is C14H25ClN6. The first-order valence-electron chi connectivity index (χ1n) is 7.77. The van der Waals surface area contributed by atoms with Crippen molar-refractivity contribution in [2.24, 2.45) is 0 Å². The molecular weight excluding hydrogens is 288 g/mol. The average Bonchev–Trinajstić information content (AvgIpc) is 2.98. The lowest BCUT2D eigenvalue weighted by molar-refractivity contribution is 0.294. The second-order valence-electron chi connectivity index (χ2n) is 5.45. The third-order valence-electron chi connectivity index (χ3n) is 3.79. The fourth-order valence-electron chi connectivity index (χ4n) is 2.60. The van der Waals surface area contributed by atoms with Gasteiger partial charge in [-0.05, 0) is 44.5 Å². The number of aromatic nitrogens is 3. The molecule has 0 bridgehead atoms. The molecule has 0 aliphatic carbocycles. The van der Waals surface area contributed by atoms with Crippen molar-refractivity contribution in [1.29, 1.82) is 0 Å². The maximum atomic E-state index is 6.03. The summed E-state index contributed by atoms with van der Waals surface area (Å²) in [6, 6.07) is 0.259. The van der Waals surface area contributed by atoms with Gasteiger partial charge in [-0.1, -0.05) is 13.8 Å². The number of anilines is 2. The van der Waals surface area contributed by atoms with Crippen LogP contribution in [-0.4, -0.2) is 58.6 Å². The van der Waals surface area contributed by atoms with Crippen LogP contribution in [0.15, 0.2) is 0 Å². The van der Waals surface area contributed by atoms with Gasteiger partial charge in [-0.15, -0.1) is 0 Å². The Hall–Kier alpha value is -1.14. The van der Waals surface area contributed by atoms with Gasteiger partial charge in [0.15, 0.2) is 0 Å². The minimum atomic E-state index is 0.254. The van der Waals surface area contributed by atoms with Crippen molar-refractivity contribution < 1.29 is 0 Å². The molecule has 1 aromatic rings. The van der Waals surface area contributed by atoms with E-state index in [1.54, 1.807) is 0 Å². The summed E-state index contributed by atoms with van der Waals surface area (Å²) in [5.41, 5.74) is 0. The summed E-state index contributed by atoms with van der Waals surface area (Å²) in [4.78, 5) is 17.5. The SMILES string of the molecule is CCN(CC)CC(C)Nc1nc(Cl)nc(N2CCCC2)n1. The lowest BCUT2D eigenvalue weighted by atomic mass is 10.3. The minimum absolute atomic E-state index is 0.254. The largest absolute Gasteiger partial charge is 0.350 e. The molecule has 1 aliphatic rings. The Kier molecular flexibility index (Phi) is 5.99. The first-order valence-corrected chi connectivity index (χ1v) is 8.15. The maximum absolute atomic E-state index is 6.03. The zero-order chi connectivity index (χ0) is 15.2. The monoisotopic (exact) mass is 312 g/mol. The molecule has 1 aliphatic heterocycles. The smallest absolute Gasteiger partial charge is 0.231 e. The van der Waals surface area contributed by atoms with Gasteiger partial charge in [0, 0.05) is 25.7 Å². The first-order chi connectivity index (χ1) is 10.1. The van der Waals surface area contributed by atoms with E-state index in [0.717, 1.165) is 32.7 Å². The number of nitrogens with zero attached hydrogens (tertiary/aromatic N) is 5. The summed E-state index contributed by atoms with van der Waals surface area (Å²) in [6.45, 7) is 11.5. The van der Waals surface area contributed by atoms with E-state index in [1.165, 1.54) is 12.8 Å². The van der Waals surface area contributed by atoms with Gasteiger partial charge in [-0.2, -0.15) is 15.0 Å². The van der Waals surface area contributed by atoms with Crippen LogP contribution in [0, 0.1) is 0 Å². The van der Waals surface area contributed by atoms with Gasteiger partial charge in [0.25, 0.3) is 0 Å². The second kappa shape index (κ2) is 7.75. The lowest BCUT2D eigenvalue weighted by Gasteiger charge is -2.23. The highest BCUT2D eigenvalue weighted by molar-refractivity contribution is 6.28. The third kappa shape index (κ3) is 4.68. The van der Waals surface area contributed by atoms with Crippen molar-refractivity contribution >= 4 is 23.5 Å². The van der Waals surface area contributed by atoms with Crippen LogP contribution in [0.1, 0.15) is 33.6 Å².